The Morgan fingerprint density at radius 3 is 2.25 bits per heavy atom. The molecule has 0 aromatic heterocycles. The van der Waals surface area contributed by atoms with Gasteiger partial charge in [0.25, 0.3) is 0 Å². The summed E-state index contributed by atoms with van der Waals surface area (Å²) in [6, 6.07) is 26.1. The van der Waals surface area contributed by atoms with Crippen LogP contribution in [-0.2, 0) is 6.42 Å². The number of benzene rings is 3. The number of allylic oxidation sites excluding steroid dienone is 2. The molecular formula is C24H24. The van der Waals surface area contributed by atoms with Crippen LogP contribution < -0.4 is 0 Å². The second kappa shape index (κ2) is 7.31. The summed E-state index contributed by atoms with van der Waals surface area (Å²) in [6.07, 6.45) is 3.29. The Morgan fingerprint density at radius 2 is 1.54 bits per heavy atom. The van der Waals surface area contributed by atoms with Gasteiger partial charge >= 0.3 is 0 Å². The van der Waals surface area contributed by atoms with Crippen molar-refractivity contribution < 1.29 is 0 Å². The van der Waals surface area contributed by atoms with E-state index in [0.717, 1.165) is 6.42 Å². The summed E-state index contributed by atoms with van der Waals surface area (Å²) in [7, 11) is 0. The van der Waals surface area contributed by atoms with Crippen LogP contribution in [0.15, 0.2) is 78.9 Å². The van der Waals surface area contributed by atoms with E-state index in [-0.39, 0.29) is 0 Å². The smallest absolute Gasteiger partial charge is 0.00915 e. The molecule has 0 saturated carbocycles. The molecule has 120 valence electrons. The zero-order valence-electron chi connectivity index (χ0n) is 14.7. The third kappa shape index (κ3) is 3.83. The first-order valence-corrected chi connectivity index (χ1v) is 8.52. The van der Waals surface area contributed by atoms with Crippen LogP contribution in [0.2, 0.25) is 0 Å². The van der Waals surface area contributed by atoms with Gasteiger partial charge < -0.3 is 0 Å². The van der Waals surface area contributed by atoms with Crippen LogP contribution in [0.1, 0.15) is 29.2 Å². The number of hydrogen-bond donors (Lipinski definition) is 0. The van der Waals surface area contributed by atoms with Crippen molar-refractivity contribution in [2.45, 2.75) is 27.2 Å². The maximum atomic E-state index is 2.32. The topological polar surface area (TPSA) is 0 Å². The van der Waals surface area contributed by atoms with Crippen molar-refractivity contribution in [3.63, 3.8) is 0 Å². The van der Waals surface area contributed by atoms with Crippen molar-refractivity contribution in [1.82, 2.24) is 0 Å². The summed E-state index contributed by atoms with van der Waals surface area (Å²) in [5.41, 5.74) is 9.23. The fourth-order valence-electron chi connectivity index (χ4n) is 3.05. The van der Waals surface area contributed by atoms with Gasteiger partial charge in [-0.05, 0) is 60.6 Å². The molecule has 0 bridgehead atoms. The van der Waals surface area contributed by atoms with Gasteiger partial charge in [-0.25, -0.2) is 0 Å². The van der Waals surface area contributed by atoms with E-state index in [9.17, 15) is 0 Å². The predicted octanol–water partition coefficient (Wildman–Crippen LogP) is 6.62. The van der Waals surface area contributed by atoms with Crippen molar-refractivity contribution in [2.24, 2.45) is 0 Å². The first-order valence-electron chi connectivity index (χ1n) is 8.52. The zero-order valence-corrected chi connectivity index (χ0v) is 14.7. The fourth-order valence-corrected chi connectivity index (χ4v) is 3.05. The molecular weight excluding hydrogens is 288 g/mol. The van der Waals surface area contributed by atoms with Gasteiger partial charge in [0, 0.05) is 0 Å². The molecule has 0 radical (unpaired) electrons. The second-order valence-corrected chi connectivity index (χ2v) is 6.47. The van der Waals surface area contributed by atoms with Crippen molar-refractivity contribution in [3.05, 3.63) is 101 Å². The SMILES string of the molecule is C/C(=C/Cc1ccc(-c2cccc(C)c2)cc1)c1ccccc1C. The van der Waals surface area contributed by atoms with E-state index in [1.807, 2.05) is 0 Å². The first kappa shape index (κ1) is 16.3. The molecule has 0 atom stereocenters. The van der Waals surface area contributed by atoms with Crippen molar-refractivity contribution in [3.8, 4) is 11.1 Å². The summed E-state index contributed by atoms with van der Waals surface area (Å²) >= 11 is 0. The molecule has 0 heteroatoms. The molecule has 0 heterocycles. The van der Waals surface area contributed by atoms with Gasteiger partial charge in [0.1, 0.15) is 0 Å². The molecule has 24 heavy (non-hydrogen) atoms. The highest BCUT2D eigenvalue weighted by atomic mass is 14.1. The van der Waals surface area contributed by atoms with Crippen molar-refractivity contribution >= 4 is 5.57 Å². The van der Waals surface area contributed by atoms with Gasteiger partial charge in [-0.3, -0.25) is 0 Å². The monoisotopic (exact) mass is 312 g/mol. The molecule has 3 aromatic carbocycles. The summed E-state index contributed by atoms with van der Waals surface area (Å²) in [5, 5.41) is 0. The largest absolute Gasteiger partial charge is 0.0766 e. The molecule has 3 rings (SSSR count). The van der Waals surface area contributed by atoms with Crippen molar-refractivity contribution in [1.29, 1.82) is 0 Å². The van der Waals surface area contributed by atoms with Crippen LogP contribution >= 0.6 is 0 Å². The molecule has 0 fully saturated rings. The van der Waals surface area contributed by atoms with Gasteiger partial charge in [-0.1, -0.05) is 84.4 Å². The molecule has 0 aliphatic rings. The van der Waals surface area contributed by atoms with Gasteiger partial charge in [-0.2, -0.15) is 0 Å². The first-order chi connectivity index (χ1) is 11.6. The lowest BCUT2D eigenvalue weighted by Gasteiger charge is -2.07. The zero-order chi connectivity index (χ0) is 16.9. The van der Waals surface area contributed by atoms with Crippen LogP contribution in [0, 0.1) is 13.8 Å². The Bertz CT molecular complexity index is 851. The normalized spacial score (nSPS) is 11.5. The third-order valence-corrected chi connectivity index (χ3v) is 4.52. The average molecular weight is 312 g/mol. The van der Waals surface area contributed by atoms with E-state index < -0.39 is 0 Å². The molecule has 0 saturated heterocycles. The van der Waals surface area contributed by atoms with Gasteiger partial charge in [-0.15, -0.1) is 0 Å². The Balaban J connectivity index is 1.75. The molecule has 0 aliphatic carbocycles. The fraction of sp³-hybridized carbons (Fsp3) is 0.167. The van der Waals surface area contributed by atoms with Gasteiger partial charge in [0.05, 0.1) is 0 Å². The van der Waals surface area contributed by atoms with Gasteiger partial charge in [0.15, 0.2) is 0 Å². The van der Waals surface area contributed by atoms with E-state index in [1.54, 1.807) is 0 Å². The number of hydrogen-bond acceptors (Lipinski definition) is 0. The van der Waals surface area contributed by atoms with E-state index in [1.165, 1.54) is 39.0 Å². The Hall–Kier alpha value is -2.60. The standard InChI is InChI=1S/C24H24/c1-18-7-6-9-23(17-18)22-15-13-21(14-16-22)12-11-20(3)24-10-5-4-8-19(24)2/h4-11,13-17H,12H2,1-3H3/b20-11-. The summed E-state index contributed by atoms with van der Waals surface area (Å²) in [6.45, 7) is 6.50. The quantitative estimate of drug-likeness (QED) is 0.508. The van der Waals surface area contributed by atoms with Gasteiger partial charge in [0.2, 0.25) is 0 Å². The highest BCUT2D eigenvalue weighted by molar-refractivity contribution is 5.67. The lowest BCUT2D eigenvalue weighted by Crippen LogP contribution is -1.87. The third-order valence-electron chi connectivity index (χ3n) is 4.52. The molecule has 3 aromatic rings. The lowest BCUT2D eigenvalue weighted by molar-refractivity contribution is 1.26. The molecule has 0 spiro atoms. The molecule has 0 unspecified atom stereocenters. The second-order valence-electron chi connectivity index (χ2n) is 6.47. The molecule has 0 amide bonds. The maximum absolute atomic E-state index is 2.32. The summed E-state index contributed by atoms with van der Waals surface area (Å²) in [4.78, 5) is 0. The molecule has 0 aliphatic heterocycles. The summed E-state index contributed by atoms with van der Waals surface area (Å²) < 4.78 is 0. The minimum absolute atomic E-state index is 0.967. The Labute approximate surface area is 145 Å². The average Bonchev–Trinajstić information content (AvgIpc) is 2.60. The van der Waals surface area contributed by atoms with E-state index in [4.69, 9.17) is 0 Å². The highest BCUT2D eigenvalue weighted by Gasteiger charge is 2.01. The van der Waals surface area contributed by atoms with Crippen LogP contribution in [-0.4, -0.2) is 0 Å². The summed E-state index contributed by atoms with van der Waals surface area (Å²) in [5.74, 6) is 0. The van der Waals surface area contributed by atoms with Crippen molar-refractivity contribution in [2.75, 3.05) is 0 Å². The van der Waals surface area contributed by atoms with Crippen LogP contribution in [0.25, 0.3) is 16.7 Å². The molecule has 0 nitrogen and oxygen atoms in total. The number of aryl methyl sites for hydroxylation is 2. The Kier molecular flexibility index (Phi) is 4.96. The Morgan fingerprint density at radius 1 is 0.792 bits per heavy atom. The number of rotatable bonds is 4. The van der Waals surface area contributed by atoms with Crippen LogP contribution in [0.4, 0.5) is 0 Å². The van der Waals surface area contributed by atoms with E-state index in [2.05, 4.69) is 99.6 Å². The maximum Gasteiger partial charge on any atom is -0.00915 e. The lowest BCUT2D eigenvalue weighted by atomic mass is 9.98. The van der Waals surface area contributed by atoms with Crippen LogP contribution in [0.3, 0.4) is 0 Å². The molecule has 0 N–H and O–H groups in total. The minimum atomic E-state index is 0.967. The minimum Gasteiger partial charge on any atom is -0.0766 e. The predicted molar refractivity (Wildman–Crippen MR) is 105 cm³/mol. The van der Waals surface area contributed by atoms with E-state index in [0.29, 0.717) is 0 Å². The van der Waals surface area contributed by atoms with Crippen LogP contribution in [0.5, 0.6) is 0 Å². The van der Waals surface area contributed by atoms with E-state index >= 15 is 0 Å². The highest BCUT2D eigenvalue weighted by Crippen LogP contribution is 2.22.